The molecule has 0 spiro atoms. The molecule has 0 aliphatic carbocycles. The molecular weight excluding hydrogens is 253 g/mol. The van der Waals surface area contributed by atoms with Crippen LogP contribution in [0.5, 0.6) is 0 Å². The minimum atomic E-state index is -0.265. The summed E-state index contributed by atoms with van der Waals surface area (Å²) in [4.78, 5) is 3.98. The van der Waals surface area contributed by atoms with Gasteiger partial charge >= 0.3 is 0 Å². The molecule has 18 heavy (non-hydrogen) atoms. The lowest BCUT2D eigenvalue weighted by Gasteiger charge is -2.15. The lowest BCUT2D eigenvalue weighted by molar-refractivity contribution is 0.475. The van der Waals surface area contributed by atoms with Gasteiger partial charge in [-0.1, -0.05) is 11.6 Å². The van der Waals surface area contributed by atoms with Gasteiger partial charge in [0.2, 0.25) is 0 Å². The van der Waals surface area contributed by atoms with Gasteiger partial charge in [0.05, 0.1) is 6.33 Å². The van der Waals surface area contributed by atoms with Crippen molar-refractivity contribution in [1.82, 2.24) is 14.9 Å². The summed E-state index contributed by atoms with van der Waals surface area (Å²) in [6.07, 6.45) is 5.43. The Morgan fingerprint density at radius 3 is 3.06 bits per heavy atom. The van der Waals surface area contributed by atoms with E-state index in [0.717, 1.165) is 12.1 Å². The van der Waals surface area contributed by atoms with Gasteiger partial charge in [0, 0.05) is 36.5 Å². The number of benzene rings is 1. The van der Waals surface area contributed by atoms with Crippen LogP contribution in [0.4, 0.5) is 4.39 Å². The minimum absolute atomic E-state index is 0.249. The Morgan fingerprint density at radius 1 is 1.50 bits per heavy atom. The van der Waals surface area contributed by atoms with Crippen molar-refractivity contribution >= 4 is 11.6 Å². The van der Waals surface area contributed by atoms with E-state index in [0.29, 0.717) is 11.6 Å². The molecule has 0 radical (unpaired) electrons. The highest BCUT2D eigenvalue weighted by Crippen LogP contribution is 2.16. The Balaban J connectivity index is 1.89. The minimum Gasteiger partial charge on any atom is -0.336 e. The molecule has 0 saturated heterocycles. The second-order valence-electron chi connectivity index (χ2n) is 4.28. The maximum atomic E-state index is 13.1. The van der Waals surface area contributed by atoms with Gasteiger partial charge in [-0.15, -0.1) is 0 Å². The lowest BCUT2D eigenvalue weighted by Crippen LogP contribution is -2.29. The predicted molar refractivity (Wildman–Crippen MR) is 69.9 cm³/mol. The largest absolute Gasteiger partial charge is 0.336 e. The lowest BCUT2D eigenvalue weighted by atomic mass is 10.2. The number of rotatable bonds is 5. The molecule has 1 N–H and O–H groups in total. The zero-order valence-electron chi connectivity index (χ0n) is 10.1. The predicted octanol–water partition coefficient (Wildman–Crippen LogP) is 2.85. The average molecular weight is 268 g/mol. The third-order valence-electron chi connectivity index (χ3n) is 2.69. The van der Waals surface area contributed by atoms with Crippen LogP contribution in [0, 0.1) is 5.82 Å². The fourth-order valence-electron chi connectivity index (χ4n) is 1.74. The Bertz CT molecular complexity index is 499. The summed E-state index contributed by atoms with van der Waals surface area (Å²) < 4.78 is 15.1. The molecule has 0 aliphatic heterocycles. The van der Waals surface area contributed by atoms with Gasteiger partial charge in [-0.25, -0.2) is 9.37 Å². The van der Waals surface area contributed by atoms with Crippen molar-refractivity contribution in [1.29, 1.82) is 0 Å². The third kappa shape index (κ3) is 3.55. The first-order chi connectivity index (χ1) is 8.65. The van der Waals surface area contributed by atoms with E-state index in [1.54, 1.807) is 18.6 Å². The number of imidazole rings is 1. The van der Waals surface area contributed by atoms with Crippen molar-refractivity contribution in [2.24, 2.45) is 0 Å². The van der Waals surface area contributed by atoms with Crippen LogP contribution in [-0.2, 0) is 13.1 Å². The van der Waals surface area contributed by atoms with E-state index in [-0.39, 0.29) is 11.9 Å². The van der Waals surface area contributed by atoms with Crippen LogP contribution >= 0.6 is 11.6 Å². The topological polar surface area (TPSA) is 29.9 Å². The van der Waals surface area contributed by atoms with Crippen LogP contribution in [0.15, 0.2) is 36.9 Å². The molecular formula is C13H15ClFN3. The summed E-state index contributed by atoms with van der Waals surface area (Å²) in [5.41, 5.74) is 0.772. The number of hydrogen-bond acceptors (Lipinski definition) is 2. The number of nitrogens with zero attached hydrogens (tertiary/aromatic N) is 2. The number of hydrogen-bond donors (Lipinski definition) is 1. The molecule has 2 aromatic rings. The molecule has 1 unspecified atom stereocenters. The molecule has 0 bridgehead atoms. The normalized spacial score (nSPS) is 12.6. The van der Waals surface area contributed by atoms with E-state index < -0.39 is 0 Å². The van der Waals surface area contributed by atoms with Crippen LogP contribution < -0.4 is 5.32 Å². The highest BCUT2D eigenvalue weighted by Gasteiger charge is 2.05. The first-order valence-electron chi connectivity index (χ1n) is 5.78. The van der Waals surface area contributed by atoms with E-state index in [4.69, 9.17) is 11.6 Å². The van der Waals surface area contributed by atoms with Gasteiger partial charge in [0.15, 0.2) is 0 Å². The van der Waals surface area contributed by atoms with Crippen LogP contribution in [0.25, 0.3) is 0 Å². The summed E-state index contributed by atoms with van der Waals surface area (Å²) in [6.45, 7) is 3.42. The Labute approximate surface area is 111 Å². The number of halogens is 2. The van der Waals surface area contributed by atoms with Crippen molar-refractivity contribution < 1.29 is 4.39 Å². The first kappa shape index (κ1) is 13.1. The Kier molecular flexibility index (Phi) is 4.33. The zero-order chi connectivity index (χ0) is 13.0. The Morgan fingerprint density at radius 2 is 2.33 bits per heavy atom. The molecule has 0 saturated carbocycles. The molecule has 96 valence electrons. The first-order valence-corrected chi connectivity index (χ1v) is 6.16. The second kappa shape index (κ2) is 5.98. The smallest absolute Gasteiger partial charge is 0.123 e. The summed E-state index contributed by atoms with van der Waals surface area (Å²) in [7, 11) is 0. The third-order valence-corrected chi connectivity index (χ3v) is 3.06. The summed E-state index contributed by atoms with van der Waals surface area (Å²) in [6, 6.07) is 4.65. The van der Waals surface area contributed by atoms with E-state index in [2.05, 4.69) is 17.2 Å². The fourth-order valence-corrected chi connectivity index (χ4v) is 1.92. The summed E-state index contributed by atoms with van der Waals surface area (Å²) in [5, 5.41) is 3.89. The van der Waals surface area contributed by atoms with Gasteiger partial charge in [0.25, 0.3) is 0 Å². The molecule has 0 amide bonds. The molecule has 0 aliphatic rings. The van der Waals surface area contributed by atoms with Gasteiger partial charge in [-0.05, 0) is 30.7 Å². The van der Waals surface area contributed by atoms with Crippen LogP contribution in [-0.4, -0.2) is 15.6 Å². The maximum absolute atomic E-state index is 13.1. The molecule has 1 heterocycles. The molecule has 3 nitrogen and oxygen atoms in total. The van der Waals surface area contributed by atoms with Gasteiger partial charge in [0.1, 0.15) is 5.82 Å². The second-order valence-corrected chi connectivity index (χ2v) is 4.68. The number of nitrogens with one attached hydrogen (secondary N) is 1. The van der Waals surface area contributed by atoms with E-state index in [1.807, 2.05) is 10.8 Å². The maximum Gasteiger partial charge on any atom is 0.123 e. The van der Waals surface area contributed by atoms with Gasteiger partial charge < -0.3 is 9.88 Å². The van der Waals surface area contributed by atoms with Gasteiger partial charge in [-0.3, -0.25) is 0 Å². The van der Waals surface area contributed by atoms with E-state index in [1.165, 1.54) is 12.1 Å². The monoisotopic (exact) mass is 267 g/mol. The molecule has 0 fully saturated rings. The molecule has 5 heteroatoms. The van der Waals surface area contributed by atoms with Crippen molar-refractivity contribution in [2.45, 2.75) is 26.1 Å². The van der Waals surface area contributed by atoms with Crippen molar-refractivity contribution in [3.8, 4) is 0 Å². The number of aromatic nitrogens is 2. The van der Waals surface area contributed by atoms with Gasteiger partial charge in [-0.2, -0.15) is 0 Å². The highest BCUT2D eigenvalue weighted by atomic mass is 35.5. The summed E-state index contributed by atoms with van der Waals surface area (Å²) >= 11 is 6.00. The molecule has 1 aromatic heterocycles. The van der Waals surface area contributed by atoms with E-state index in [9.17, 15) is 4.39 Å². The van der Waals surface area contributed by atoms with Crippen molar-refractivity contribution in [3.63, 3.8) is 0 Å². The quantitative estimate of drug-likeness (QED) is 0.903. The molecule has 1 aromatic carbocycles. The van der Waals surface area contributed by atoms with Crippen LogP contribution in [0.2, 0.25) is 5.02 Å². The average Bonchev–Trinajstić information content (AvgIpc) is 2.83. The highest BCUT2D eigenvalue weighted by molar-refractivity contribution is 6.31. The van der Waals surface area contributed by atoms with E-state index >= 15 is 0 Å². The fraction of sp³-hybridized carbons (Fsp3) is 0.308. The van der Waals surface area contributed by atoms with Crippen molar-refractivity contribution in [3.05, 3.63) is 53.3 Å². The molecule has 2 rings (SSSR count). The molecule has 1 atom stereocenters. The van der Waals surface area contributed by atoms with Crippen molar-refractivity contribution in [2.75, 3.05) is 0 Å². The summed E-state index contributed by atoms with van der Waals surface area (Å²) in [5.74, 6) is -0.265. The SMILES string of the molecule is CC(Cn1ccnc1)NCc1cc(F)ccc1Cl. The Hall–Kier alpha value is -1.39. The van der Waals surface area contributed by atoms with Crippen LogP contribution in [0.3, 0.4) is 0 Å². The van der Waals surface area contributed by atoms with Crippen LogP contribution in [0.1, 0.15) is 12.5 Å². The zero-order valence-corrected chi connectivity index (χ0v) is 10.9. The standard InChI is InChI=1S/C13H15ClFN3/c1-10(8-18-5-4-16-9-18)17-7-11-6-12(15)2-3-13(11)14/h2-6,9-10,17H,7-8H2,1H3.